The van der Waals surface area contributed by atoms with E-state index >= 15 is 0 Å². The van der Waals surface area contributed by atoms with E-state index in [9.17, 15) is 4.79 Å². The summed E-state index contributed by atoms with van der Waals surface area (Å²) in [6.45, 7) is 2.62. The van der Waals surface area contributed by atoms with Gasteiger partial charge in [0.15, 0.2) is 0 Å². The first-order valence-corrected chi connectivity index (χ1v) is 7.03. The van der Waals surface area contributed by atoms with Crippen molar-refractivity contribution >= 4 is 18.3 Å². The SMILES string of the molecule is CCCCCCOOC(=O)c1ccccc1.O=C(O)O.O=C(O)O. The molecule has 24 heavy (non-hydrogen) atoms. The highest BCUT2D eigenvalue weighted by molar-refractivity contribution is 5.88. The molecule has 0 unspecified atom stereocenters. The number of carboxylic acid groups (broad SMARTS) is 4. The highest BCUT2D eigenvalue weighted by Gasteiger charge is 2.06. The highest BCUT2D eigenvalue weighted by atomic mass is 17.2. The summed E-state index contributed by atoms with van der Waals surface area (Å²) in [5.41, 5.74) is 0.510. The van der Waals surface area contributed by atoms with E-state index in [1.165, 1.54) is 12.8 Å². The van der Waals surface area contributed by atoms with Gasteiger partial charge in [-0.25, -0.2) is 14.4 Å². The molecule has 0 aromatic heterocycles. The molecule has 0 amide bonds. The van der Waals surface area contributed by atoms with Gasteiger partial charge in [0.2, 0.25) is 0 Å². The van der Waals surface area contributed by atoms with Gasteiger partial charge in [0.1, 0.15) is 0 Å². The summed E-state index contributed by atoms with van der Waals surface area (Å²) < 4.78 is 0. The van der Waals surface area contributed by atoms with Crippen LogP contribution in [-0.2, 0) is 9.78 Å². The van der Waals surface area contributed by atoms with Crippen molar-refractivity contribution in [2.24, 2.45) is 0 Å². The lowest BCUT2D eigenvalue weighted by atomic mass is 10.2. The van der Waals surface area contributed by atoms with E-state index in [1.807, 2.05) is 6.07 Å². The van der Waals surface area contributed by atoms with E-state index in [0.717, 1.165) is 12.8 Å². The Labute approximate surface area is 139 Å². The van der Waals surface area contributed by atoms with Crippen molar-refractivity contribution in [1.82, 2.24) is 0 Å². The second-order valence-corrected chi connectivity index (χ2v) is 4.18. The first-order valence-electron chi connectivity index (χ1n) is 7.03. The first kappa shape index (κ1) is 23.5. The van der Waals surface area contributed by atoms with Gasteiger partial charge in [-0.05, 0) is 18.6 Å². The number of benzene rings is 1. The number of carbonyl (C=O) groups is 3. The first-order chi connectivity index (χ1) is 11.3. The van der Waals surface area contributed by atoms with Crippen LogP contribution in [0.15, 0.2) is 30.3 Å². The number of unbranched alkanes of at least 4 members (excludes halogenated alkanes) is 3. The van der Waals surface area contributed by atoms with Crippen molar-refractivity contribution in [3.8, 4) is 0 Å². The quantitative estimate of drug-likeness (QED) is 0.328. The topological polar surface area (TPSA) is 151 Å². The van der Waals surface area contributed by atoms with Gasteiger partial charge in [0.25, 0.3) is 0 Å². The van der Waals surface area contributed by atoms with Gasteiger partial charge in [-0.2, -0.15) is 4.89 Å². The molecule has 0 bridgehead atoms. The summed E-state index contributed by atoms with van der Waals surface area (Å²) in [5, 5.41) is 27.9. The van der Waals surface area contributed by atoms with E-state index in [1.54, 1.807) is 24.3 Å². The van der Waals surface area contributed by atoms with Crippen LogP contribution in [-0.4, -0.2) is 45.3 Å². The van der Waals surface area contributed by atoms with Crippen LogP contribution in [0.3, 0.4) is 0 Å². The zero-order chi connectivity index (χ0) is 18.8. The average Bonchev–Trinajstić information content (AvgIpc) is 2.50. The van der Waals surface area contributed by atoms with Gasteiger partial charge >= 0.3 is 18.3 Å². The summed E-state index contributed by atoms with van der Waals surface area (Å²) in [4.78, 5) is 38.0. The van der Waals surface area contributed by atoms with Crippen LogP contribution >= 0.6 is 0 Å². The van der Waals surface area contributed by atoms with Gasteiger partial charge < -0.3 is 20.4 Å². The minimum Gasteiger partial charge on any atom is -0.450 e. The normalized spacial score (nSPS) is 8.71. The molecule has 136 valence electrons. The molecule has 0 radical (unpaired) electrons. The molecule has 0 fully saturated rings. The predicted octanol–water partition coefficient (Wildman–Crippen LogP) is 3.80. The summed E-state index contributed by atoms with van der Waals surface area (Å²) in [7, 11) is 0. The molecular formula is C15H22O9. The maximum absolute atomic E-state index is 11.4. The summed E-state index contributed by atoms with van der Waals surface area (Å²) >= 11 is 0. The Morgan fingerprint density at radius 1 is 0.875 bits per heavy atom. The second-order valence-electron chi connectivity index (χ2n) is 4.18. The molecule has 0 aliphatic heterocycles. The largest absolute Gasteiger partial charge is 0.503 e. The van der Waals surface area contributed by atoms with Gasteiger partial charge in [-0.1, -0.05) is 44.4 Å². The van der Waals surface area contributed by atoms with Gasteiger partial charge in [0.05, 0.1) is 12.2 Å². The third kappa shape index (κ3) is 21.5. The molecule has 0 heterocycles. The van der Waals surface area contributed by atoms with E-state index < -0.39 is 18.3 Å². The fraction of sp³-hybridized carbons (Fsp3) is 0.400. The summed E-state index contributed by atoms with van der Waals surface area (Å²) in [6, 6.07) is 8.82. The molecule has 4 N–H and O–H groups in total. The Morgan fingerprint density at radius 2 is 1.38 bits per heavy atom. The molecule has 1 aromatic carbocycles. The smallest absolute Gasteiger partial charge is 0.450 e. The summed E-state index contributed by atoms with van der Waals surface area (Å²) in [5.74, 6) is -0.434. The third-order valence-electron chi connectivity index (χ3n) is 2.23. The van der Waals surface area contributed by atoms with Crippen LogP contribution in [0.25, 0.3) is 0 Å². The number of carbonyl (C=O) groups excluding carboxylic acids is 1. The molecule has 0 aliphatic carbocycles. The van der Waals surface area contributed by atoms with E-state index in [2.05, 4.69) is 11.8 Å². The van der Waals surface area contributed by atoms with Crippen LogP contribution in [0.5, 0.6) is 0 Å². The van der Waals surface area contributed by atoms with Crippen molar-refractivity contribution in [2.75, 3.05) is 6.61 Å². The Morgan fingerprint density at radius 3 is 1.83 bits per heavy atom. The lowest BCUT2D eigenvalue weighted by molar-refractivity contribution is -0.241. The van der Waals surface area contributed by atoms with E-state index in [0.29, 0.717) is 12.2 Å². The van der Waals surface area contributed by atoms with Crippen molar-refractivity contribution < 1.29 is 44.6 Å². The molecule has 9 heteroatoms. The fourth-order valence-electron chi connectivity index (χ4n) is 1.31. The van der Waals surface area contributed by atoms with Gasteiger partial charge in [0, 0.05) is 0 Å². The minimum absolute atomic E-state index is 0.434. The second kappa shape index (κ2) is 16.6. The highest BCUT2D eigenvalue weighted by Crippen LogP contribution is 2.03. The molecular weight excluding hydrogens is 324 g/mol. The van der Waals surface area contributed by atoms with Gasteiger partial charge in [-0.15, -0.1) is 0 Å². The van der Waals surface area contributed by atoms with Crippen LogP contribution in [0.1, 0.15) is 43.0 Å². The minimum atomic E-state index is -1.83. The molecule has 1 rings (SSSR count). The maximum Gasteiger partial charge on any atom is 0.503 e. The van der Waals surface area contributed by atoms with Crippen molar-refractivity contribution in [3.05, 3.63) is 35.9 Å². The van der Waals surface area contributed by atoms with Crippen LogP contribution in [0.4, 0.5) is 9.59 Å². The molecule has 0 saturated carbocycles. The molecule has 0 atom stereocenters. The zero-order valence-electron chi connectivity index (χ0n) is 13.3. The number of rotatable bonds is 7. The number of hydrogen-bond acceptors (Lipinski definition) is 5. The lowest BCUT2D eigenvalue weighted by Gasteiger charge is -2.03. The molecule has 1 aromatic rings. The Bertz CT molecular complexity index is 439. The van der Waals surface area contributed by atoms with Crippen molar-refractivity contribution in [3.63, 3.8) is 0 Å². The zero-order valence-corrected chi connectivity index (χ0v) is 13.3. The molecule has 9 nitrogen and oxygen atoms in total. The lowest BCUT2D eigenvalue weighted by Crippen LogP contribution is -2.06. The fourth-order valence-corrected chi connectivity index (χ4v) is 1.31. The monoisotopic (exact) mass is 346 g/mol. The molecule has 0 spiro atoms. The number of hydrogen-bond donors (Lipinski definition) is 4. The van der Waals surface area contributed by atoms with Crippen molar-refractivity contribution in [1.29, 1.82) is 0 Å². The van der Waals surface area contributed by atoms with Crippen molar-refractivity contribution in [2.45, 2.75) is 32.6 Å². The van der Waals surface area contributed by atoms with Gasteiger partial charge in [-0.3, -0.25) is 4.89 Å². The Hall–Kier alpha value is -2.81. The average molecular weight is 346 g/mol. The van der Waals surface area contributed by atoms with Crippen LogP contribution in [0, 0.1) is 0 Å². The predicted molar refractivity (Wildman–Crippen MR) is 83.3 cm³/mol. The Kier molecular flexibility index (Phi) is 16.2. The van der Waals surface area contributed by atoms with Crippen LogP contribution < -0.4 is 0 Å². The maximum atomic E-state index is 11.4. The summed E-state index contributed by atoms with van der Waals surface area (Å²) in [6.07, 6.45) is 0.745. The Balaban J connectivity index is 0. The standard InChI is InChI=1S/C13H18O3.2CH2O3/c1-2-3-4-8-11-15-16-13(14)12-9-6-5-7-10-12;2*2-1(3)4/h5-7,9-10H,2-4,8,11H2,1H3;2*(H2,2,3,4). The third-order valence-corrected chi connectivity index (χ3v) is 2.23. The van der Waals surface area contributed by atoms with E-state index in [-0.39, 0.29) is 0 Å². The molecule has 0 saturated heterocycles. The van der Waals surface area contributed by atoms with Crippen LogP contribution in [0.2, 0.25) is 0 Å². The van der Waals surface area contributed by atoms with E-state index in [4.69, 9.17) is 34.9 Å². The molecule has 0 aliphatic rings.